The number of aryl methyl sites for hydroxylation is 1. The summed E-state index contributed by atoms with van der Waals surface area (Å²) in [5.41, 5.74) is 4.30. The lowest BCUT2D eigenvalue weighted by molar-refractivity contribution is 0.182. The van der Waals surface area contributed by atoms with Crippen molar-refractivity contribution in [3.8, 4) is 5.75 Å². The Labute approximate surface area is 153 Å². The number of hydrogen-bond donors (Lipinski definition) is 2. The second-order valence-electron chi connectivity index (χ2n) is 6.26. The van der Waals surface area contributed by atoms with Gasteiger partial charge in [-0.2, -0.15) is 5.10 Å². The summed E-state index contributed by atoms with van der Waals surface area (Å²) in [5.74, 6) is 0.848. The van der Waals surface area contributed by atoms with E-state index in [1.165, 1.54) is 0 Å². The number of H-pyrrole nitrogens is 1. The van der Waals surface area contributed by atoms with Crippen LogP contribution in [0.4, 0.5) is 0 Å². The Morgan fingerprint density at radius 3 is 2.85 bits per heavy atom. The highest BCUT2D eigenvalue weighted by molar-refractivity contribution is 5.37. The van der Waals surface area contributed by atoms with E-state index >= 15 is 0 Å². The van der Waals surface area contributed by atoms with E-state index in [-0.39, 0.29) is 6.61 Å². The molecule has 0 unspecified atom stereocenters. The highest BCUT2D eigenvalue weighted by atomic mass is 16.5. The number of aromatic amines is 1. The van der Waals surface area contributed by atoms with Crippen LogP contribution in [0.15, 0.2) is 43.0 Å². The Bertz CT molecular complexity index is 813. The molecule has 0 atom stereocenters. The molecule has 3 rings (SSSR count). The van der Waals surface area contributed by atoms with Crippen LogP contribution >= 0.6 is 0 Å². The lowest BCUT2D eigenvalue weighted by Crippen LogP contribution is -2.26. The maximum Gasteiger partial charge on any atom is 0.123 e. The number of methoxy groups -OCH3 is 1. The minimum atomic E-state index is 0.111. The van der Waals surface area contributed by atoms with E-state index in [0.29, 0.717) is 19.6 Å². The number of aliphatic hydroxyl groups is 1. The zero-order valence-corrected chi connectivity index (χ0v) is 15.2. The average molecular weight is 355 g/mol. The number of nitrogens with one attached hydrogen (secondary N) is 1. The molecule has 0 fully saturated rings. The normalized spacial score (nSPS) is 11.2. The standard InChI is InChI=1S/C19H25N5O2/c1-15-18(21-14-20-15)13-23(8-9-25)11-16-4-5-19(26-2)17(10-16)12-24-7-3-6-22-24/h3-7,10,14,25H,8-9,11-13H2,1-2H3,(H,20,21). The van der Waals surface area contributed by atoms with Gasteiger partial charge in [0.15, 0.2) is 0 Å². The smallest absolute Gasteiger partial charge is 0.123 e. The third-order valence-corrected chi connectivity index (χ3v) is 4.37. The summed E-state index contributed by atoms with van der Waals surface area (Å²) < 4.78 is 7.37. The van der Waals surface area contributed by atoms with Gasteiger partial charge in [-0.05, 0) is 30.7 Å². The fraction of sp³-hybridized carbons (Fsp3) is 0.368. The van der Waals surface area contributed by atoms with Gasteiger partial charge in [0.1, 0.15) is 5.75 Å². The third-order valence-electron chi connectivity index (χ3n) is 4.37. The van der Waals surface area contributed by atoms with Crippen LogP contribution in [0.5, 0.6) is 5.75 Å². The van der Waals surface area contributed by atoms with E-state index < -0.39 is 0 Å². The fourth-order valence-corrected chi connectivity index (χ4v) is 2.99. The zero-order valence-electron chi connectivity index (χ0n) is 15.2. The Balaban J connectivity index is 1.77. The predicted octanol–water partition coefficient (Wildman–Crippen LogP) is 1.97. The average Bonchev–Trinajstić information content (AvgIpc) is 3.28. The minimum absolute atomic E-state index is 0.111. The predicted molar refractivity (Wildman–Crippen MR) is 98.8 cm³/mol. The molecule has 1 aromatic carbocycles. The molecule has 2 aromatic heterocycles. The number of imidazole rings is 1. The highest BCUT2D eigenvalue weighted by Gasteiger charge is 2.12. The van der Waals surface area contributed by atoms with Crippen LogP contribution in [0.25, 0.3) is 0 Å². The molecular formula is C19H25N5O2. The summed E-state index contributed by atoms with van der Waals surface area (Å²) in [6.07, 6.45) is 5.41. The molecule has 0 aliphatic carbocycles. The first-order valence-electron chi connectivity index (χ1n) is 8.65. The molecule has 0 aliphatic heterocycles. The number of ether oxygens (including phenoxy) is 1. The molecule has 7 nitrogen and oxygen atoms in total. The number of aliphatic hydroxyl groups excluding tert-OH is 1. The molecular weight excluding hydrogens is 330 g/mol. The molecule has 0 amide bonds. The van der Waals surface area contributed by atoms with Crippen molar-refractivity contribution in [3.63, 3.8) is 0 Å². The third kappa shape index (κ3) is 4.50. The quantitative estimate of drug-likeness (QED) is 0.613. The first-order chi connectivity index (χ1) is 12.7. The van der Waals surface area contributed by atoms with Gasteiger partial charge in [-0.15, -0.1) is 0 Å². The number of nitrogens with zero attached hydrogens (tertiary/aromatic N) is 4. The second-order valence-corrected chi connectivity index (χ2v) is 6.26. The van der Waals surface area contributed by atoms with Crippen molar-refractivity contribution in [2.75, 3.05) is 20.3 Å². The van der Waals surface area contributed by atoms with Gasteiger partial charge in [0.05, 0.1) is 32.3 Å². The maximum atomic E-state index is 9.42. The van der Waals surface area contributed by atoms with E-state index in [0.717, 1.165) is 34.8 Å². The summed E-state index contributed by atoms with van der Waals surface area (Å²) in [7, 11) is 1.68. The molecule has 2 N–H and O–H groups in total. The van der Waals surface area contributed by atoms with Crippen molar-refractivity contribution >= 4 is 0 Å². The van der Waals surface area contributed by atoms with Crippen LogP contribution < -0.4 is 4.74 Å². The molecule has 0 bridgehead atoms. The lowest BCUT2D eigenvalue weighted by Gasteiger charge is -2.21. The Morgan fingerprint density at radius 2 is 2.19 bits per heavy atom. The fourth-order valence-electron chi connectivity index (χ4n) is 2.99. The monoisotopic (exact) mass is 355 g/mol. The largest absolute Gasteiger partial charge is 0.496 e. The zero-order chi connectivity index (χ0) is 18.4. The molecule has 0 saturated heterocycles. The number of rotatable bonds is 9. The van der Waals surface area contributed by atoms with Crippen molar-refractivity contribution in [1.82, 2.24) is 24.6 Å². The second kappa shape index (κ2) is 8.64. The van der Waals surface area contributed by atoms with Crippen LogP contribution in [0.1, 0.15) is 22.5 Å². The Hall–Kier alpha value is -2.64. The van der Waals surface area contributed by atoms with Crippen LogP contribution in [0, 0.1) is 6.92 Å². The molecule has 0 saturated carbocycles. The molecule has 0 aliphatic rings. The molecule has 0 radical (unpaired) electrons. The molecule has 3 aromatic rings. The highest BCUT2D eigenvalue weighted by Crippen LogP contribution is 2.22. The van der Waals surface area contributed by atoms with Crippen molar-refractivity contribution in [1.29, 1.82) is 0 Å². The van der Waals surface area contributed by atoms with Gasteiger partial charge in [0.2, 0.25) is 0 Å². The summed E-state index contributed by atoms with van der Waals surface area (Å²) in [4.78, 5) is 9.65. The van der Waals surface area contributed by atoms with E-state index in [4.69, 9.17) is 4.74 Å². The molecule has 7 heteroatoms. The van der Waals surface area contributed by atoms with Crippen molar-refractivity contribution in [3.05, 3.63) is 65.5 Å². The van der Waals surface area contributed by atoms with Gasteiger partial charge in [-0.25, -0.2) is 4.98 Å². The van der Waals surface area contributed by atoms with Gasteiger partial charge < -0.3 is 14.8 Å². The van der Waals surface area contributed by atoms with Crippen LogP contribution in [-0.2, 0) is 19.6 Å². The van der Waals surface area contributed by atoms with Gasteiger partial charge in [0, 0.05) is 43.3 Å². The first kappa shape index (κ1) is 18.2. The van der Waals surface area contributed by atoms with Crippen LogP contribution in [0.3, 0.4) is 0 Å². The topological polar surface area (TPSA) is 79.2 Å². The number of hydrogen-bond acceptors (Lipinski definition) is 5. The van der Waals surface area contributed by atoms with Gasteiger partial charge in [0.25, 0.3) is 0 Å². The van der Waals surface area contributed by atoms with E-state index in [1.54, 1.807) is 19.6 Å². The van der Waals surface area contributed by atoms with Crippen molar-refractivity contribution in [2.24, 2.45) is 0 Å². The van der Waals surface area contributed by atoms with E-state index in [2.05, 4.69) is 32.1 Å². The van der Waals surface area contributed by atoms with Gasteiger partial charge >= 0.3 is 0 Å². The van der Waals surface area contributed by atoms with Crippen molar-refractivity contribution in [2.45, 2.75) is 26.6 Å². The lowest BCUT2D eigenvalue weighted by atomic mass is 10.1. The van der Waals surface area contributed by atoms with E-state index in [1.807, 2.05) is 29.9 Å². The molecule has 2 heterocycles. The van der Waals surface area contributed by atoms with E-state index in [9.17, 15) is 5.11 Å². The summed E-state index contributed by atoms with van der Waals surface area (Å²) in [5, 5.41) is 13.7. The first-order valence-corrected chi connectivity index (χ1v) is 8.65. The number of benzene rings is 1. The van der Waals surface area contributed by atoms with Crippen LogP contribution in [0.2, 0.25) is 0 Å². The minimum Gasteiger partial charge on any atom is -0.496 e. The summed E-state index contributed by atoms with van der Waals surface area (Å²) in [6, 6.07) is 8.10. The van der Waals surface area contributed by atoms with Crippen molar-refractivity contribution < 1.29 is 9.84 Å². The molecule has 138 valence electrons. The molecule has 26 heavy (non-hydrogen) atoms. The van der Waals surface area contributed by atoms with Gasteiger partial charge in [-0.3, -0.25) is 9.58 Å². The molecule has 0 spiro atoms. The Kier molecular flexibility index (Phi) is 6.04. The van der Waals surface area contributed by atoms with Gasteiger partial charge in [-0.1, -0.05) is 6.07 Å². The SMILES string of the molecule is COc1ccc(CN(CCO)Cc2nc[nH]c2C)cc1Cn1cccn1. The summed E-state index contributed by atoms with van der Waals surface area (Å²) >= 11 is 0. The van der Waals surface area contributed by atoms with Crippen LogP contribution in [-0.4, -0.2) is 50.0 Å². The summed E-state index contributed by atoms with van der Waals surface area (Å²) in [6.45, 7) is 4.78. The Morgan fingerprint density at radius 1 is 1.31 bits per heavy atom. The number of aromatic nitrogens is 4. The maximum absolute atomic E-state index is 9.42.